The maximum Gasteiger partial charge on any atom is 0.434 e. The van der Waals surface area contributed by atoms with Crippen LogP contribution in [0.3, 0.4) is 0 Å². The molecule has 9 heteroatoms. The quantitative estimate of drug-likeness (QED) is 0.498. The van der Waals surface area contributed by atoms with E-state index in [9.17, 15) is 18.0 Å². The first-order valence-electron chi connectivity index (χ1n) is 9.33. The predicted octanol–water partition coefficient (Wildman–Crippen LogP) is 4.78. The van der Waals surface area contributed by atoms with Crippen molar-refractivity contribution in [3.63, 3.8) is 0 Å². The number of halogens is 3. The molecule has 1 N–H and O–H groups in total. The number of benzene rings is 2. The molecule has 31 heavy (non-hydrogen) atoms. The molecule has 0 aliphatic heterocycles. The summed E-state index contributed by atoms with van der Waals surface area (Å²) in [5, 5.41) is 6.22. The van der Waals surface area contributed by atoms with Gasteiger partial charge in [0, 0.05) is 5.56 Å². The number of rotatable bonds is 5. The number of aromatic nitrogens is 3. The zero-order valence-corrected chi connectivity index (χ0v) is 16.3. The minimum absolute atomic E-state index is 0.168. The minimum Gasteiger partial charge on any atom is -0.439 e. The monoisotopic (exact) mass is 426 g/mol. The smallest absolute Gasteiger partial charge is 0.434 e. The highest BCUT2D eigenvalue weighted by Gasteiger charge is 2.40. The summed E-state index contributed by atoms with van der Waals surface area (Å²) in [5.41, 5.74) is 0.167. The lowest BCUT2D eigenvalue weighted by Crippen LogP contribution is -2.26. The van der Waals surface area contributed by atoms with E-state index in [1.165, 1.54) is 18.3 Å². The van der Waals surface area contributed by atoms with E-state index < -0.39 is 23.3 Å². The zero-order chi connectivity index (χ0) is 22.0. The molecule has 4 aromatic rings. The van der Waals surface area contributed by atoms with E-state index in [0.29, 0.717) is 10.4 Å². The standard InChI is InChI=1S/C22H17F3N4O2/c1-14-7-9-16(10-8-14)29-20(22(23,24)25)17(11-28-29)21(30)27-13-19-26-12-18(31-19)15-5-3-2-4-6-15/h2-12H,13H2,1H3,(H,27,30). The Balaban J connectivity index is 1.55. The van der Waals surface area contributed by atoms with Crippen molar-refractivity contribution in [2.75, 3.05) is 0 Å². The van der Waals surface area contributed by atoms with Gasteiger partial charge in [0.2, 0.25) is 5.89 Å². The molecule has 0 unspecified atom stereocenters. The van der Waals surface area contributed by atoms with Crippen LogP contribution in [0.25, 0.3) is 17.0 Å². The van der Waals surface area contributed by atoms with Gasteiger partial charge in [-0.05, 0) is 19.1 Å². The molecule has 0 atom stereocenters. The lowest BCUT2D eigenvalue weighted by Gasteiger charge is -2.12. The third-order valence-electron chi connectivity index (χ3n) is 4.57. The third-order valence-corrected chi connectivity index (χ3v) is 4.57. The summed E-state index contributed by atoms with van der Waals surface area (Å²) in [6, 6.07) is 15.6. The molecule has 0 fully saturated rings. The molecule has 0 aliphatic rings. The Morgan fingerprint density at radius 2 is 1.77 bits per heavy atom. The predicted molar refractivity (Wildman–Crippen MR) is 106 cm³/mol. The lowest BCUT2D eigenvalue weighted by atomic mass is 10.2. The number of hydrogen-bond donors (Lipinski definition) is 1. The van der Waals surface area contributed by atoms with Crippen molar-refractivity contribution in [1.29, 1.82) is 0 Å². The normalized spacial score (nSPS) is 11.5. The van der Waals surface area contributed by atoms with Gasteiger partial charge < -0.3 is 9.73 Å². The third kappa shape index (κ3) is 4.35. The molecule has 1 amide bonds. The molecule has 0 radical (unpaired) electrons. The summed E-state index contributed by atoms with van der Waals surface area (Å²) in [5.74, 6) is -0.259. The van der Waals surface area contributed by atoms with Gasteiger partial charge in [0.05, 0.1) is 30.2 Å². The summed E-state index contributed by atoms with van der Waals surface area (Å²) in [6.07, 6.45) is -2.38. The Kier molecular flexibility index (Phi) is 5.33. The van der Waals surface area contributed by atoms with Crippen LogP contribution in [0.15, 0.2) is 71.4 Å². The second-order valence-electron chi connectivity index (χ2n) is 6.82. The van der Waals surface area contributed by atoms with Gasteiger partial charge in [-0.25, -0.2) is 9.67 Å². The van der Waals surface area contributed by atoms with Gasteiger partial charge in [-0.2, -0.15) is 18.3 Å². The van der Waals surface area contributed by atoms with Crippen LogP contribution in [-0.2, 0) is 12.7 Å². The number of nitrogens with zero attached hydrogens (tertiary/aromatic N) is 3. The largest absolute Gasteiger partial charge is 0.439 e. The van der Waals surface area contributed by atoms with Crippen molar-refractivity contribution < 1.29 is 22.4 Å². The molecule has 4 rings (SSSR count). The van der Waals surface area contributed by atoms with E-state index in [4.69, 9.17) is 4.42 Å². The molecule has 2 heterocycles. The van der Waals surface area contributed by atoms with Crippen LogP contribution >= 0.6 is 0 Å². The van der Waals surface area contributed by atoms with Gasteiger partial charge in [-0.15, -0.1) is 0 Å². The molecule has 158 valence electrons. The molecule has 2 aromatic heterocycles. The van der Waals surface area contributed by atoms with E-state index in [-0.39, 0.29) is 18.1 Å². The fourth-order valence-corrected chi connectivity index (χ4v) is 3.05. The molecular formula is C22H17F3N4O2. The van der Waals surface area contributed by atoms with Crippen LogP contribution in [0.4, 0.5) is 13.2 Å². The van der Waals surface area contributed by atoms with E-state index in [0.717, 1.165) is 17.3 Å². The molecule has 0 saturated carbocycles. The van der Waals surface area contributed by atoms with Gasteiger partial charge in [0.1, 0.15) is 0 Å². The molecule has 2 aromatic carbocycles. The van der Waals surface area contributed by atoms with Gasteiger partial charge in [0.15, 0.2) is 11.5 Å². The Bertz CT molecular complexity index is 1200. The summed E-state index contributed by atoms with van der Waals surface area (Å²) < 4.78 is 47.5. The van der Waals surface area contributed by atoms with Crippen LogP contribution in [0.1, 0.15) is 27.5 Å². The van der Waals surface area contributed by atoms with Crippen LogP contribution < -0.4 is 5.32 Å². The molecular weight excluding hydrogens is 409 g/mol. The maximum absolute atomic E-state index is 13.8. The summed E-state index contributed by atoms with van der Waals surface area (Å²) in [7, 11) is 0. The van der Waals surface area contributed by atoms with Crippen LogP contribution in [0.2, 0.25) is 0 Å². The first-order valence-corrected chi connectivity index (χ1v) is 9.33. The number of aryl methyl sites for hydroxylation is 1. The van der Waals surface area contributed by atoms with Crippen molar-refractivity contribution in [1.82, 2.24) is 20.1 Å². The fraction of sp³-hybridized carbons (Fsp3) is 0.136. The van der Waals surface area contributed by atoms with Crippen molar-refractivity contribution in [2.24, 2.45) is 0 Å². The molecule has 0 bridgehead atoms. The number of nitrogens with one attached hydrogen (secondary N) is 1. The van der Waals surface area contributed by atoms with Gasteiger partial charge in [-0.3, -0.25) is 4.79 Å². The SMILES string of the molecule is Cc1ccc(-n2ncc(C(=O)NCc3ncc(-c4ccccc4)o3)c2C(F)(F)F)cc1. The average molecular weight is 426 g/mol. The Labute approximate surface area is 175 Å². The number of hydrogen-bond acceptors (Lipinski definition) is 4. The van der Waals surface area contributed by atoms with E-state index >= 15 is 0 Å². The van der Waals surface area contributed by atoms with Crippen molar-refractivity contribution >= 4 is 5.91 Å². The lowest BCUT2D eigenvalue weighted by molar-refractivity contribution is -0.143. The molecule has 0 saturated heterocycles. The molecule has 0 spiro atoms. The van der Waals surface area contributed by atoms with E-state index in [1.807, 2.05) is 37.3 Å². The highest BCUT2D eigenvalue weighted by atomic mass is 19.4. The average Bonchev–Trinajstić information content (AvgIpc) is 3.41. The number of amides is 1. The van der Waals surface area contributed by atoms with E-state index in [1.54, 1.807) is 12.1 Å². The molecule has 0 aliphatic carbocycles. The fourth-order valence-electron chi connectivity index (χ4n) is 3.05. The topological polar surface area (TPSA) is 73.0 Å². The second-order valence-corrected chi connectivity index (χ2v) is 6.82. The van der Waals surface area contributed by atoms with Crippen LogP contribution in [0, 0.1) is 6.92 Å². The minimum atomic E-state index is -4.78. The maximum atomic E-state index is 13.8. The van der Waals surface area contributed by atoms with Crippen molar-refractivity contribution in [3.8, 4) is 17.0 Å². The van der Waals surface area contributed by atoms with Crippen molar-refractivity contribution in [3.05, 3.63) is 89.7 Å². The van der Waals surface area contributed by atoms with Gasteiger partial charge in [0.25, 0.3) is 5.91 Å². The summed E-state index contributed by atoms with van der Waals surface area (Å²) >= 11 is 0. The second kappa shape index (κ2) is 8.10. The molecule has 6 nitrogen and oxygen atoms in total. The van der Waals surface area contributed by atoms with E-state index in [2.05, 4.69) is 15.4 Å². The van der Waals surface area contributed by atoms with Crippen molar-refractivity contribution in [2.45, 2.75) is 19.6 Å². The number of alkyl halides is 3. The Morgan fingerprint density at radius 3 is 2.45 bits per heavy atom. The Morgan fingerprint density at radius 1 is 1.06 bits per heavy atom. The number of carbonyl (C=O) groups is 1. The van der Waals surface area contributed by atoms with Gasteiger partial charge >= 0.3 is 6.18 Å². The van der Waals surface area contributed by atoms with Gasteiger partial charge in [-0.1, -0.05) is 48.0 Å². The van der Waals surface area contributed by atoms with Crippen LogP contribution in [0.5, 0.6) is 0 Å². The number of carbonyl (C=O) groups excluding carboxylic acids is 1. The van der Waals surface area contributed by atoms with Crippen LogP contribution in [-0.4, -0.2) is 20.7 Å². The summed E-state index contributed by atoms with van der Waals surface area (Å²) in [6.45, 7) is 1.65. The zero-order valence-electron chi connectivity index (χ0n) is 16.3. The number of oxazole rings is 1. The highest BCUT2D eigenvalue weighted by Crippen LogP contribution is 2.33. The first kappa shape index (κ1) is 20.4. The Hall–Kier alpha value is -3.88. The first-order chi connectivity index (χ1) is 14.8. The summed E-state index contributed by atoms with van der Waals surface area (Å²) in [4.78, 5) is 16.6. The highest BCUT2D eigenvalue weighted by molar-refractivity contribution is 5.95.